The average molecular weight is 309 g/mol. The zero-order valence-corrected chi connectivity index (χ0v) is 14.2. The van der Waals surface area contributed by atoms with E-state index in [0.717, 1.165) is 17.7 Å². The maximum Gasteiger partial charge on any atom is 0.137 e. The van der Waals surface area contributed by atoms with Gasteiger partial charge < -0.3 is 9.84 Å². The summed E-state index contributed by atoms with van der Waals surface area (Å²) in [7, 11) is 1.63. The van der Waals surface area contributed by atoms with Crippen LogP contribution in [0, 0.1) is 6.92 Å². The fourth-order valence-corrected chi connectivity index (χ4v) is 1.75. The molecule has 2 nitrogen and oxygen atoms in total. The Bertz CT molecular complexity index is 507. The maximum absolute atomic E-state index is 8.81. The molecule has 2 aromatic rings. The zero-order valence-electron chi connectivity index (χ0n) is 13.5. The van der Waals surface area contributed by atoms with Crippen molar-refractivity contribution in [2.75, 3.05) is 7.11 Å². The molecule has 0 unspecified atom stereocenters. The molecule has 0 amide bonds. The Labute approximate surface area is 133 Å². The predicted octanol–water partition coefficient (Wildman–Crippen LogP) is 5.64. The topological polar surface area (TPSA) is 29.5 Å². The summed E-state index contributed by atoms with van der Waals surface area (Å²) in [4.78, 5) is 0. The molecule has 2 rings (SSSR count). The van der Waals surface area contributed by atoms with Crippen LogP contribution in [0.1, 0.15) is 31.9 Å². The number of methoxy groups -OCH3 is 1. The number of phenolic OH excluding ortho intramolecular Hbond substituents is 1. The van der Waals surface area contributed by atoms with Gasteiger partial charge in [-0.15, -0.1) is 0 Å². The summed E-state index contributed by atoms with van der Waals surface area (Å²) >= 11 is 5.83. The molecule has 116 valence electrons. The molecular weight excluding hydrogens is 284 g/mol. The minimum atomic E-state index is 0.338. The van der Waals surface area contributed by atoms with Gasteiger partial charge in [0.05, 0.1) is 12.1 Å². The summed E-state index contributed by atoms with van der Waals surface area (Å²) in [5.41, 5.74) is 2.33. The fourth-order valence-electron chi connectivity index (χ4n) is 1.55. The number of phenols is 1. The van der Waals surface area contributed by atoms with Gasteiger partial charge in [0, 0.05) is 0 Å². The van der Waals surface area contributed by atoms with Crippen LogP contribution in [0.15, 0.2) is 42.5 Å². The highest BCUT2D eigenvalue weighted by molar-refractivity contribution is 6.32. The van der Waals surface area contributed by atoms with Crippen LogP contribution in [0.25, 0.3) is 0 Å². The highest BCUT2D eigenvalue weighted by Crippen LogP contribution is 2.24. The number of aryl methyl sites for hydroxylation is 2. The first-order valence-electron chi connectivity index (χ1n) is 7.15. The van der Waals surface area contributed by atoms with E-state index in [9.17, 15) is 0 Å². The van der Waals surface area contributed by atoms with Gasteiger partial charge in [-0.3, -0.25) is 0 Å². The van der Waals surface area contributed by atoms with Gasteiger partial charge in [0.25, 0.3) is 0 Å². The highest BCUT2D eigenvalue weighted by atomic mass is 35.5. The summed E-state index contributed by atoms with van der Waals surface area (Å²) in [6.45, 7) is 8.04. The van der Waals surface area contributed by atoms with E-state index in [2.05, 4.69) is 6.92 Å². The quantitative estimate of drug-likeness (QED) is 0.778. The second-order valence-electron chi connectivity index (χ2n) is 4.16. The third kappa shape index (κ3) is 7.62. The largest absolute Gasteiger partial charge is 0.508 e. The maximum atomic E-state index is 8.81. The van der Waals surface area contributed by atoms with Crippen LogP contribution in [0.3, 0.4) is 0 Å². The first kappa shape index (κ1) is 19.3. The molecule has 0 heterocycles. The molecule has 0 radical (unpaired) electrons. The van der Waals surface area contributed by atoms with Gasteiger partial charge in [-0.2, -0.15) is 0 Å². The molecule has 0 aromatic heterocycles. The number of hydrogen-bond donors (Lipinski definition) is 1. The molecule has 2 aromatic carbocycles. The van der Waals surface area contributed by atoms with E-state index in [1.165, 1.54) is 5.56 Å². The van der Waals surface area contributed by atoms with Crippen LogP contribution in [-0.4, -0.2) is 12.2 Å². The average Bonchev–Trinajstić information content (AvgIpc) is 2.50. The summed E-state index contributed by atoms with van der Waals surface area (Å²) in [6, 6.07) is 13.0. The van der Waals surface area contributed by atoms with Crippen molar-refractivity contribution in [3.63, 3.8) is 0 Å². The summed E-state index contributed by atoms with van der Waals surface area (Å²) in [5, 5.41) is 9.48. The van der Waals surface area contributed by atoms with Crippen molar-refractivity contribution in [2.24, 2.45) is 0 Å². The molecule has 0 aliphatic heterocycles. The third-order valence-electron chi connectivity index (χ3n) is 2.63. The van der Waals surface area contributed by atoms with Crippen molar-refractivity contribution in [2.45, 2.75) is 34.1 Å². The predicted molar refractivity (Wildman–Crippen MR) is 91.6 cm³/mol. The lowest BCUT2D eigenvalue weighted by molar-refractivity contribution is 0.414. The Balaban J connectivity index is 0.000000354. The summed E-state index contributed by atoms with van der Waals surface area (Å²) in [5.74, 6) is 1.09. The van der Waals surface area contributed by atoms with E-state index in [1.807, 2.05) is 51.1 Å². The van der Waals surface area contributed by atoms with E-state index in [-0.39, 0.29) is 0 Å². The van der Waals surface area contributed by atoms with Gasteiger partial charge >= 0.3 is 0 Å². The van der Waals surface area contributed by atoms with Gasteiger partial charge in [0.1, 0.15) is 11.5 Å². The van der Waals surface area contributed by atoms with Crippen molar-refractivity contribution in [3.05, 3.63) is 58.6 Å². The van der Waals surface area contributed by atoms with Crippen molar-refractivity contribution in [3.8, 4) is 11.5 Å². The Morgan fingerprint density at radius 2 is 1.76 bits per heavy atom. The monoisotopic (exact) mass is 308 g/mol. The van der Waals surface area contributed by atoms with E-state index in [0.29, 0.717) is 10.8 Å². The summed E-state index contributed by atoms with van der Waals surface area (Å²) in [6.07, 6.45) is 1.01. The lowest BCUT2D eigenvalue weighted by atomic mass is 10.2. The van der Waals surface area contributed by atoms with Crippen LogP contribution < -0.4 is 4.74 Å². The lowest BCUT2D eigenvalue weighted by Gasteiger charge is -2.03. The molecular formula is C18H25ClO2. The smallest absolute Gasteiger partial charge is 0.137 e. The van der Waals surface area contributed by atoms with Crippen LogP contribution in [0.4, 0.5) is 0 Å². The minimum Gasteiger partial charge on any atom is -0.508 e. The second-order valence-corrected chi connectivity index (χ2v) is 4.57. The number of ether oxygens (including phenoxy) is 1. The Morgan fingerprint density at radius 1 is 1.10 bits per heavy atom. The van der Waals surface area contributed by atoms with Gasteiger partial charge in [-0.1, -0.05) is 50.6 Å². The number of rotatable bonds is 2. The fraction of sp³-hybridized carbons (Fsp3) is 0.333. The molecule has 0 spiro atoms. The first-order valence-corrected chi connectivity index (χ1v) is 7.52. The number of benzene rings is 2. The van der Waals surface area contributed by atoms with Crippen LogP contribution in [0.5, 0.6) is 11.5 Å². The molecule has 21 heavy (non-hydrogen) atoms. The normalized spacial score (nSPS) is 8.86. The van der Waals surface area contributed by atoms with Gasteiger partial charge in [0.15, 0.2) is 0 Å². The van der Waals surface area contributed by atoms with Gasteiger partial charge in [-0.05, 0) is 48.7 Å². The van der Waals surface area contributed by atoms with Crippen molar-refractivity contribution < 1.29 is 9.84 Å². The SMILES string of the molecule is CC.CCc1ccc(Cl)c(OC)c1.Cc1cccc(O)c1. The van der Waals surface area contributed by atoms with Crippen LogP contribution in [-0.2, 0) is 6.42 Å². The summed E-state index contributed by atoms with van der Waals surface area (Å²) < 4.78 is 5.06. The van der Waals surface area contributed by atoms with E-state index >= 15 is 0 Å². The van der Waals surface area contributed by atoms with Crippen molar-refractivity contribution in [1.29, 1.82) is 0 Å². The van der Waals surface area contributed by atoms with Crippen LogP contribution >= 0.6 is 11.6 Å². The van der Waals surface area contributed by atoms with Crippen LogP contribution in [0.2, 0.25) is 5.02 Å². The first-order chi connectivity index (χ1) is 10.1. The van der Waals surface area contributed by atoms with Crippen molar-refractivity contribution >= 4 is 11.6 Å². The second kappa shape index (κ2) is 11.0. The molecule has 0 aliphatic carbocycles. The number of hydrogen-bond acceptors (Lipinski definition) is 2. The van der Waals surface area contributed by atoms with E-state index < -0.39 is 0 Å². The molecule has 0 fully saturated rings. The molecule has 0 saturated heterocycles. The molecule has 3 heteroatoms. The lowest BCUT2D eigenvalue weighted by Crippen LogP contribution is -1.86. The van der Waals surface area contributed by atoms with Gasteiger partial charge in [0.2, 0.25) is 0 Å². The third-order valence-corrected chi connectivity index (χ3v) is 2.94. The zero-order chi connectivity index (χ0) is 16.3. The number of halogens is 1. The highest BCUT2D eigenvalue weighted by Gasteiger charge is 1.99. The molecule has 0 atom stereocenters. The number of aromatic hydroxyl groups is 1. The molecule has 0 saturated carbocycles. The Morgan fingerprint density at radius 3 is 2.19 bits per heavy atom. The molecule has 1 N–H and O–H groups in total. The van der Waals surface area contributed by atoms with E-state index in [4.69, 9.17) is 21.4 Å². The van der Waals surface area contributed by atoms with E-state index in [1.54, 1.807) is 19.2 Å². The minimum absolute atomic E-state index is 0.338. The Hall–Kier alpha value is -1.67. The van der Waals surface area contributed by atoms with Crippen molar-refractivity contribution in [1.82, 2.24) is 0 Å². The molecule has 0 bridgehead atoms. The Kier molecular flexibility index (Phi) is 10.2. The molecule has 0 aliphatic rings. The van der Waals surface area contributed by atoms with Gasteiger partial charge in [-0.25, -0.2) is 0 Å². The standard InChI is InChI=1S/C9H11ClO.C7H8O.C2H6/c1-3-7-4-5-8(10)9(6-7)11-2;1-6-3-2-4-7(8)5-6;1-2/h4-6H,3H2,1-2H3;2-5,8H,1H3;1-2H3.